The summed E-state index contributed by atoms with van der Waals surface area (Å²) in [5.74, 6) is -0.702. The van der Waals surface area contributed by atoms with E-state index in [1.165, 1.54) is 0 Å². The van der Waals surface area contributed by atoms with E-state index in [2.05, 4.69) is 17.6 Å². The largest absolute Gasteiger partial charge is 0.444 e. The van der Waals surface area contributed by atoms with Gasteiger partial charge in [0, 0.05) is 12.1 Å². The molecule has 0 saturated carbocycles. The van der Waals surface area contributed by atoms with Crippen LogP contribution in [-0.2, 0) is 14.3 Å². The Morgan fingerprint density at radius 2 is 1.53 bits per heavy atom. The predicted octanol–water partition coefficient (Wildman–Crippen LogP) is 5.83. The summed E-state index contributed by atoms with van der Waals surface area (Å²) in [5, 5.41) is 5.85. The van der Waals surface area contributed by atoms with Crippen molar-refractivity contribution in [2.24, 2.45) is 5.92 Å². The smallest absolute Gasteiger partial charge is 0.408 e. The van der Waals surface area contributed by atoms with Crippen molar-refractivity contribution in [2.45, 2.75) is 119 Å². The maximum Gasteiger partial charge on any atom is 0.408 e. The highest BCUT2D eigenvalue weighted by atomic mass is 16.6. The van der Waals surface area contributed by atoms with Gasteiger partial charge in [0.2, 0.25) is 11.8 Å². The van der Waals surface area contributed by atoms with Crippen molar-refractivity contribution < 1.29 is 19.1 Å². The molecule has 0 saturated heterocycles. The molecule has 204 valence electrons. The van der Waals surface area contributed by atoms with Crippen LogP contribution in [0.15, 0.2) is 18.2 Å². The molecule has 0 aliphatic carbocycles. The number of unbranched alkanes of at least 4 members (excludes halogenated alkanes) is 1. The summed E-state index contributed by atoms with van der Waals surface area (Å²) in [7, 11) is 0. The van der Waals surface area contributed by atoms with Crippen LogP contribution in [0.25, 0.3) is 0 Å². The highest BCUT2D eigenvalue weighted by Gasteiger charge is 2.43. The van der Waals surface area contributed by atoms with Crippen LogP contribution >= 0.6 is 0 Å². The van der Waals surface area contributed by atoms with Crippen LogP contribution in [0, 0.1) is 19.8 Å². The first-order valence-corrected chi connectivity index (χ1v) is 13.2. The van der Waals surface area contributed by atoms with Gasteiger partial charge in [-0.1, -0.05) is 62.9 Å². The van der Waals surface area contributed by atoms with Crippen LogP contribution in [-0.4, -0.2) is 46.5 Å². The van der Waals surface area contributed by atoms with E-state index in [0.29, 0.717) is 13.0 Å². The van der Waals surface area contributed by atoms with E-state index >= 15 is 0 Å². The molecular formula is C29H49N3O4. The molecule has 0 fully saturated rings. The van der Waals surface area contributed by atoms with Crippen molar-refractivity contribution in [2.75, 3.05) is 6.54 Å². The van der Waals surface area contributed by atoms with Gasteiger partial charge in [-0.2, -0.15) is 0 Å². The first-order valence-electron chi connectivity index (χ1n) is 13.2. The molecule has 0 heterocycles. The van der Waals surface area contributed by atoms with Crippen molar-refractivity contribution in [3.8, 4) is 0 Å². The Morgan fingerprint density at radius 1 is 0.972 bits per heavy atom. The predicted molar refractivity (Wildman–Crippen MR) is 146 cm³/mol. The number of benzene rings is 1. The molecule has 3 amide bonds. The lowest BCUT2D eigenvalue weighted by Gasteiger charge is -2.44. The van der Waals surface area contributed by atoms with Crippen molar-refractivity contribution >= 4 is 17.9 Å². The van der Waals surface area contributed by atoms with E-state index in [-0.39, 0.29) is 17.7 Å². The summed E-state index contributed by atoms with van der Waals surface area (Å²) in [6, 6.07) is 4.27. The van der Waals surface area contributed by atoms with Crippen LogP contribution in [0.2, 0.25) is 0 Å². The van der Waals surface area contributed by atoms with Gasteiger partial charge < -0.3 is 20.3 Å². The van der Waals surface area contributed by atoms with E-state index in [1.807, 2.05) is 66.7 Å². The van der Waals surface area contributed by atoms with Gasteiger partial charge in [0.25, 0.3) is 0 Å². The molecule has 2 N–H and O–H groups in total. The van der Waals surface area contributed by atoms with Crippen LogP contribution in [0.5, 0.6) is 0 Å². The topological polar surface area (TPSA) is 87.7 Å². The lowest BCUT2D eigenvalue weighted by Crippen LogP contribution is -2.60. The molecule has 3 unspecified atom stereocenters. The van der Waals surface area contributed by atoms with E-state index in [4.69, 9.17) is 4.74 Å². The molecule has 0 bridgehead atoms. The van der Waals surface area contributed by atoms with E-state index in [0.717, 1.165) is 29.5 Å². The number of nitrogens with zero attached hydrogens (tertiary/aromatic N) is 1. The zero-order valence-electron chi connectivity index (χ0n) is 24.4. The number of carbonyl (C=O) groups excluding carboxylic acids is 3. The molecule has 3 atom stereocenters. The fraction of sp³-hybridized carbons (Fsp3) is 0.690. The maximum atomic E-state index is 14.3. The standard InChI is InChI=1S/C29H49N3O4/c1-12-14-15-30-25(33)24(22-17-19(3)16-20(4)18-22)32(28(6,7)8)26(34)23(21(5)13-2)31-27(35)36-29(9,10)11/h16-18,21,23-24H,12-15H2,1-11H3,(H,30,33)(H,31,35). The molecular weight excluding hydrogens is 454 g/mol. The molecule has 0 aromatic heterocycles. The lowest BCUT2D eigenvalue weighted by molar-refractivity contribution is -0.149. The minimum Gasteiger partial charge on any atom is -0.444 e. The number of hydrogen-bond donors (Lipinski definition) is 2. The average molecular weight is 504 g/mol. The van der Waals surface area contributed by atoms with Gasteiger partial charge in [-0.15, -0.1) is 0 Å². The lowest BCUT2D eigenvalue weighted by atomic mass is 9.90. The van der Waals surface area contributed by atoms with Crippen molar-refractivity contribution in [3.05, 3.63) is 34.9 Å². The van der Waals surface area contributed by atoms with Gasteiger partial charge in [0.05, 0.1) is 0 Å². The zero-order valence-corrected chi connectivity index (χ0v) is 24.4. The molecule has 7 nitrogen and oxygen atoms in total. The van der Waals surface area contributed by atoms with Crippen molar-refractivity contribution in [1.82, 2.24) is 15.5 Å². The molecule has 0 spiro atoms. The normalized spacial score (nSPS) is 14.4. The Balaban J connectivity index is 3.61. The minimum absolute atomic E-state index is 0.169. The number of carbonyl (C=O) groups is 3. The second kappa shape index (κ2) is 13.1. The van der Waals surface area contributed by atoms with Gasteiger partial charge >= 0.3 is 6.09 Å². The highest BCUT2D eigenvalue weighted by molar-refractivity contribution is 5.92. The number of aryl methyl sites for hydroxylation is 2. The van der Waals surface area contributed by atoms with Crippen molar-refractivity contribution in [1.29, 1.82) is 0 Å². The Bertz CT molecular complexity index is 879. The molecule has 36 heavy (non-hydrogen) atoms. The van der Waals surface area contributed by atoms with E-state index in [9.17, 15) is 14.4 Å². The van der Waals surface area contributed by atoms with Crippen LogP contribution < -0.4 is 10.6 Å². The SMILES string of the molecule is CCCCNC(=O)C(c1cc(C)cc(C)c1)N(C(=O)C(NC(=O)OC(C)(C)C)C(C)CC)C(C)(C)C. The summed E-state index contributed by atoms with van der Waals surface area (Å²) in [4.78, 5) is 42.3. The Morgan fingerprint density at radius 3 is 1.97 bits per heavy atom. The van der Waals surface area contributed by atoms with E-state index in [1.54, 1.807) is 25.7 Å². The van der Waals surface area contributed by atoms with Gasteiger partial charge in [-0.05, 0) is 73.3 Å². The molecule has 0 radical (unpaired) electrons. The number of rotatable bonds is 10. The molecule has 0 aliphatic heterocycles. The zero-order chi connectivity index (χ0) is 27.8. The molecule has 7 heteroatoms. The van der Waals surface area contributed by atoms with E-state index < -0.39 is 29.3 Å². The highest BCUT2D eigenvalue weighted by Crippen LogP contribution is 2.32. The number of nitrogens with one attached hydrogen (secondary N) is 2. The van der Waals surface area contributed by atoms with Gasteiger partial charge in [0.1, 0.15) is 17.7 Å². The Labute approximate surface area is 218 Å². The quantitative estimate of drug-likeness (QED) is 0.393. The summed E-state index contributed by atoms with van der Waals surface area (Å²) in [6.45, 7) is 21.6. The van der Waals surface area contributed by atoms with Gasteiger partial charge in [-0.3, -0.25) is 9.59 Å². The van der Waals surface area contributed by atoms with Gasteiger partial charge in [0.15, 0.2) is 0 Å². The first kappa shape index (κ1) is 31.5. The Hall–Kier alpha value is -2.57. The minimum atomic E-state index is -0.847. The van der Waals surface area contributed by atoms with Crippen LogP contribution in [0.4, 0.5) is 4.79 Å². The number of hydrogen-bond acceptors (Lipinski definition) is 4. The van der Waals surface area contributed by atoms with Gasteiger partial charge in [-0.25, -0.2) is 4.79 Å². The van der Waals surface area contributed by atoms with Crippen molar-refractivity contribution in [3.63, 3.8) is 0 Å². The fourth-order valence-corrected chi connectivity index (χ4v) is 4.18. The first-order chi connectivity index (χ1) is 16.5. The third kappa shape index (κ3) is 9.47. The molecule has 1 rings (SSSR count). The summed E-state index contributed by atoms with van der Waals surface area (Å²) in [5.41, 5.74) is 1.39. The third-order valence-electron chi connectivity index (χ3n) is 6.01. The number of ether oxygens (including phenoxy) is 1. The monoisotopic (exact) mass is 503 g/mol. The molecule has 1 aromatic carbocycles. The fourth-order valence-electron chi connectivity index (χ4n) is 4.18. The number of alkyl carbamates (subject to hydrolysis) is 1. The summed E-state index contributed by atoms with van der Waals surface area (Å²) >= 11 is 0. The maximum absolute atomic E-state index is 14.3. The molecule has 0 aliphatic rings. The summed E-state index contributed by atoms with van der Waals surface area (Å²) < 4.78 is 5.47. The molecule has 1 aromatic rings. The van der Waals surface area contributed by atoms with Crippen LogP contribution in [0.3, 0.4) is 0 Å². The average Bonchev–Trinajstić information content (AvgIpc) is 2.71. The summed E-state index contributed by atoms with van der Waals surface area (Å²) in [6.07, 6.45) is 1.82. The number of amides is 3. The van der Waals surface area contributed by atoms with Crippen LogP contribution in [0.1, 0.15) is 104 Å². The third-order valence-corrected chi connectivity index (χ3v) is 6.01. The second-order valence-electron chi connectivity index (χ2n) is 11.9. The second-order valence-corrected chi connectivity index (χ2v) is 11.9. The Kier molecular flexibility index (Phi) is 11.5.